The minimum absolute atomic E-state index is 0.0556. The van der Waals surface area contributed by atoms with E-state index >= 15 is 0 Å². The minimum atomic E-state index is -0.0556. The molecule has 1 aliphatic heterocycles. The molecule has 0 unspecified atom stereocenters. The lowest BCUT2D eigenvalue weighted by atomic mass is 9.85. The van der Waals surface area contributed by atoms with Crippen molar-refractivity contribution >= 4 is 6.29 Å². The molecule has 2 atom stereocenters. The molecule has 1 saturated heterocycles. The highest BCUT2D eigenvalue weighted by atomic mass is 16.5. The first kappa shape index (κ1) is 6.35. The van der Waals surface area contributed by atoms with Gasteiger partial charge in [-0.1, -0.05) is 0 Å². The predicted molar refractivity (Wildman–Crippen MR) is 36.7 cm³/mol. The van der Waals surface area contributed by atoms with Gasteiger partial charge in [0, 0.05) is 6.61 Å². The summed E-state index contributed by atoms with van der Waals surface area (Å²) in [4.78, 5) is 10.7. The van der Waals surface area contributed by atoms with Crippen LogP contribution in [0.15, 0.2) is 0 Å². The molecule has 1 heterocycles. The summed E-state index contributed by atoms with van der Waals surface area (Å²) in [5.74, 6) is 0. The van der Waals surface area contributed by atoms with Crippen molar-refractivity contribution in [2.75, 3.05) is 6.61 Å². The lowest BCUT2D eigenvalue weighted by Crippen LogP contribution is -2.26. The fraction of sp³-hybridized carbons (Fsp3) is 0.875. The van der Waals surface area contributed by atoms with Gasteiger partial charge >= 0.3 is 0 Å². The summed E-state index contributed by atoms with van der Waals surface area (Å²) in [6, 6.07) is 0. The summed E-state index contributed by atoms with van der Waals surface area (Å²) in [5.41, 5.74) is -0.0556. The monoisotopic (exact) mass is 140 g/mol. The van der Waals surface area contributed by atoms with Crippen molar-refractivity contribution in [2.24, 2.45) is 5.41 Å². The van der Waals surface area contributed by atoms with E-state index in [4.69, 9.17) is 4.74 Å². The van der Waals surface area contributed by atoms with Gasteiger partial charge in [-0.25, -0.2) is 0 Å². The zero-order valence-corrected chi connectivity index (χ0v) is 6.01. The van der Waals surface area contributed by atoms with Gasteiger partial charge in [0.2, 0.25) is 0 Å². The average Bonchev–Trinajstić information content (AvgIpc) is 2.42. The second kappa shape index (κ2) is 2.06. The van der Waals surface area contributed by atoms with E-state index in [1.807, 2.05) is 0 Å². The molecule has 0 aromatic rings. The van der Waals surface area contributed by atoms with E-state index in [-0.39, 0.29) is 11.5 Å². The second-order valence-corrected chi connectivity index (χ2v) is 3.35. The fourth-order valence-corrected chi connectivity index (χ4v) is 2.19. The average molecular weight is 140 g/mol. The van der Waals surface area contributed by atoms with Crippen LogP contribution < -0.4 is 0 Å². The van der Waals surface area contributed by atoms with Crippen molar-refractivity contribution in [3.05, 3.63) is 0 Å². The number of fused-ring (bicyclic) bond motifs is 1. The van der Waals surface area contributed by atoms with Crippen LogP contribution in [0.4, 0.5) is 0 Å². The number of carbonyl (C=O) groups is 1. The Morgan fingerprint density at radius 1 is 1.50 bits per heavy atom. The first-order valence-electron chi connectivity index (χ1n) is 3.95. The molecule has 2 aliphatic rings. The van der Waals surface area contributed by atoms with Crippen LogP contribution in [-0.4, -0.2) is 19.0 Å². The second-order valence-electron chi connectivity index (χ2n) is 3.35. The van der Waals surface area contributed by atoms with E-state index in [1.54, 1.807) is 0 Å². The molecule has 0 radical (unpaired) electrons. The van der Waals surface area contributed by atoms with Crippen LogP contribution in [0.3, 0.4) is 0 Å². The van der Waals surface area contributed by atoms with Crippen LogP contribution in [-0.2, 0) is 9.53 Å². The van der Waals surface area contributed by atoms with Gasteiger partial charge in [0.1, 0.15) is 6.29 Å². The van der Waals surface area contributed by atoms with Gasteiger partial charge in [-0.05, 0) is 25.7 Å². The van der Waals surface area contributed by atoms with Gasteiger partial charge in [0.05, 0.1) is 11.5 Å². The van der Waals surface area contributed by atoms with E-state index in [0.29, 0.717) is 0 Å². The lowest BCUT2D eigenvalue weighted by Gasteiger charge is -2.18. The summed E-state index contributed by atoms with van der Waals surface area (Å²) < 4.78 is 5.44. The van der Waals surface area contributed by atoms with E-state index in [2.05, 4.69) is 0 Å². The summed E-state index contributed by atoms with van der Waals surface area (Å²) in [6.45, 7) is 0.795. The molecule has 0 aromatic carbocycles. The molecule has 0 aromatic heterocycles. The van der Waals surface area contributed by atoms with Crippen LogP contribution in [0.25, 0.3) is 0 Å². The molecule has 2 nitrogen and oxygen atoms in total. The Labute approximate surface area is 60.6 Å². The number of rotatable bonds is 1. The largest absolute Gasteiger partial charge is 0.377 e. The molecule has 2 rings (SSSR count). The van der Waals surface area contributed by atoms with Crippen molar-refractivity contribution in [3.63, 3.8) is 0 Å². The molecule has 1 saturated carbocycles. The molecule has 0 spiro atoms. The molecule has 1 aliphatic carbocycles. The Morgan fingerprint density at radius 2 is 2.40 bits per heavy atom. The van der Waals surface area contributed by atoms with Gasteiger partial charge in [0.25, 0.3) is 0 Å². The maximum Gasteiger partial charge on any atom is 0.128 e. The minimum Gasteiger partial charge on any atom is -0.377 e. The van der Waals surface area contributed by atoms with Crippen molar-refractivity contribution in [1.82, 2.24) is 0 Å². The van der Waals surface area contributed by atoms with Gasteiger partial charge in [-0.2, -0.15) is 0 Å². The fourth-order valence-electron chi connectivity index (χ4n) is 2.19. The zero-order valence-electron chi connectivity index (χ0n) is 6.01. The van der Waals surface area contributed by atoms with Crippen LogP contribution >= 0.6 is 0 Å². The number of aldehydes is 1. The van der Waals surface area contributed by atoms with Crippen molar-refractivity contribution < 1.29 is 9.53 Å². The normalized spacial score (nSPS) is 45.4. The van der Waals surface area contributed by atoms with E-state index in [1.165, 1.54) is 6.42 Å². The lowest BCUT2D eigenvalue weighted by molar-refractivity contribution is -0.117. The van der Waals surface area contributed by atoms with E-state index < -0.39 is 0 Å². The van der Waals surface area contributed by atoms with Gasteiger partial charge < -0.3 is 9.53 Å². The van der Waals surface area contributed by atoms with Crippen molar-refractivity contribution in [1.29, 1.82) is 0 Å². The molecule has 0 N–H and O–H groups in total. The molecular weight excluding hydrogens is 128 g/mol. The third-order valence-electron chi connectivity index (χ3n) is 2.87. The Hall–Kier alpha value is -0.370. The van der Waals surface area contributed by atoms with Crippen molar-refractivity contribution in [2.45, 2.75) is 31.8 Å². The number of carbonyl (C=O) groups excluding carboxylic acids is 1. The quantitative estimate of drug-likeness (QED) is 0.510. The van der Waals surface area contributed by atoms with Crippen LogP contribution in [0, 0.1) is 5.41 Å². The first-order chi connectivity index (χ1) is 4.87. The van der Waals surface area contributed by atoms with Crippen LogP contribution in [0.5, 0.6) is 0 Å². The van der Waals surface area contributed by atoms with Gasteiger partial charge in [0.15, 0.2) is 0 Å². The molecule has 2 fully saturated rings. The highest BCUT2D eigenvalue weighted by Crippen LogP contribution is 2.45. The number of hydrogen-bond donors (Lipinski definition) is 0. The highest BCUT2D eigenvalue weighted by molar-refractivity contribution is 5.61. The molecule has 0 bridgehead atoms. The summed E-state index contributed by atoms with van der Waals surface area (Å²) >= 11 is 0. The molecule has 56 valence electrons. The highest BCUT2D eigenvalue weighted by Gasteiger charge is 2.47. The van der Waals surface area contributed by atoms with Crippen molar-refractivity contribution in [3.8, 4) is 0 Å². The first-order valence-corrected chi connectivity index (χ1v) is 3.95. The van der Waals surface area contributed by atoms with E-state index in [9.17, 15) is 4.79 Å². The summed E-state index contributed by atoms with van der Waals surface area (Å²) in [6.07, 6.45) is 5.67. The Balaban J connectivity index is 2.23. The standard InChI is InChI=1S/C8H12O2/c9-6-8-3-1-2-7(8)10-5-4-8/h6-7H,1-5H2/t7-,8-/m1/s1. The van der Waals surface area contributed by atoms with Crippen LogP contribution in [0.1, 0.15) is 25.7 Å². The van der Waals surface area contributed by atoms with Gasteiger partial charge in [-0.15, -0.1) is 0 Å². The van der Waals surface area contributed by atoms with Crippen LogP contribution in [0.2, 0.25) is 0 Å². The summed E-state index contributed by atoms with van der Waals surface area (Å²) in [5, 5.41) is 0. The maximum atomic E-state index is 10.7. The van der Waals surface area contributed by atoms with E-state index in [0.717, 1.165) is 32.2 Å². The third-order valence-corrected chi connectivity index (χ3v) is 2.87. The molecular formula is C8H12O2. The Morgan fingerprint density at radius 3 is 3.10 bits per heavy atom. The Kier molecular flexibility index (Phi) is 1.31. The Bertz CT molecular complexity index is 143. The smallest absolute Gasteiger partial charge is 0.128 e. The zero-order chi connectivity index (χ0) is 7.03. The maximum absolute atomic E-state index is 10.7. The molecule has 10 heavy (non-hydrogen) atoms. The summed E-state index contributed by atoms with van der Waals surface area (Å²) in [7, 11) is 0. The van der Waals surface area contributed by atoms with Gasteiger partial charge in [-0.3, -0.25) is 0 Å². The SMILES string of the molecule is O=C[C@]12CCC[C@H]1OCC2. The molecule has 0 amide bonds. The molecule has 2 heteroatoms. The number of ether oxygens (including phenoxy) is 1. The third kappa shape index (κ3) is 0.655. The predicted octanol–water partition coefficient (Wildman–Crippen LogP) is 1.14. The topological polar surface area (TPSA) is 26.3 Å². The number of hydrogen-bond acceptors (Lipinski definition) is 2.